The molecule has 0 aromatic carbocycles. The van der Waals surface area contributed by atoms with Gasteiger partial charge in [0.25, 0.3) is 0 Å². The maximum Gasteiger partial charge on any atom is 0.195 e. The number of hydrogen-bond acceptors (Lipinski definition) is 4. The molecule has 0 unspecified atom stereocenters. The number of hydrogen-bond donors (Lipinski definition) is 1. The maximum absolute atomic E-state index is 5.24. The number of aromatic amines is 1. The van der Waals surface area contributed by atoms with E-state index < -0.39 is 0 Å². The van der Waals surface area contributed by atoms with E-state index in [4.69, 9.17) is 16.6 Å². The van der Waals surface area contributed by atoms with Crippen LogP contribution in [0.25, 0.3) is 11.4 Å². The summed E-state index contributed by atoms with van der Waals surface area (Å²) in [5, 5.41) is 7.05. The average Bonchev–Trinajstić information content (AvgIpc) is 3.03. The molecule has 0 aliphatic rings. The van der Waals surface area contributed by atoms with Crippen LogP contribution < -0.4 is 0 Å². The number of nitrogens with zero attached hydrogens (tertiary/aromatic N) is 3. The van der Waals surface area contributed by atoms with Crippen LogP contribution in [0.2, 0.25) is 0 Å². The summed E-state index contributed by atoms with van der Waals surface area (Å²) >= 11 is 5.24. The molecule has 0 saturated heterocycles. The number of aromatic nitrogens is 4. The van der Waals surface area contributed by atoms with Crippen LogP contribution >= 0.6 is 12.2 Å². The molecule has 0 amide bonds. The molecular weight excluding hydrogens is 248 g/mol. The van der Waals surface area contributed by atoms with Crippen LogP contribution in [0.1, 0.15) is 5.56 Å². The van der Waals surface area contributed by atoms with Crippen molar-refractivity contribution in [3.63, 3.8) is 0 Å². The molecule has 3 aromatic heterocycles. The molecule has 0 spiro atoms. The minimum atomic E-state index is 0.579. The van der Waals surface area contributed by atoms with Crippen LogP contribution in [0.4, 0.5) is 0 Å². The van der Waals surface area contributed by atoms with Gasteiger partial charge in [-0.2, -0.15) is 5.10 Å². The summed E-state index contributed by atoms with van der Waals surface area (Å²) in [6.07, 6.45) is 6.83. The van der Waals surface area contributed by atoms with Crippen molar-refractivity contribution in [3.05, 3.63) is 53.5 Å². The Morgan fingerprint density at radius 3 is 3.06 bits per heavy atom. The highest BCUT2D eigenvalue weighted by molar-refractivity contribution is 7.71. The van der Waals surface area contributed by atoms with Crippen molar-refractivity contribution in [1.29, 1.82) is 0 Å². The highest BCUT2D eigenvalue weighted by Crippen LogP contribution is 2.17. The zero-order valence-corrected chi connectivity index (χ0v) is 10.2. The first-order chi connectivity index (χ1) is 8.84. The highest BCUT2D eigenvalue weighted by atomic mass is 32.1. The van der Waals surface area contributed by atoms with E-state index in [2.05, 4.69) is 15.2 Å². The summed E-state index contributed by atoms with van der Waals surface area (Å²) in [7, 11) is 0. The quantitative estimate of drug-likeness (QED) is 0.734. The standard InChI is InChI=1S/C12H10N4OS/c18-12-15-14-11(10-2-1-4-13-6-10)16(12)7-9-3-5-17-8-9/h1-6,8H,7H2,(H,15,18). The van der Waals surface area contributed by atoms with Gasteiger partial charge in [-0.3, -0.25) is 14.6 Å². The van der Waals surface area contributed by atoms with E-state index in [0.29, 0.717) is 11.3 Å². The largest absolute Gasteiger partial charge is 0.472 e. The van der Waals surface area contributed by atoms with Crippen molar-refractivity contribution < 1.29 is 4.42 Å². The second-order valence-corrected chi connectivity index (χ2v) is 4.20. The summed E-state index contributed by atoms with van der Waals surface area (Å²) in [5.74, 6) is 0.773. The minimum absolute atomic E-state index is 0.579. The van der Waals surface area contributed by atoms with Crippen molar-refractivity contribution in [2.45, 2.75) is 6.54 Å². The second-order valence-electron chi connectivity index (χ2n) is 3.81. The Bertz CT molecular complexity index is 684. The molecule has 0 aliphatic carbocycles. The van der Waals surface area contributed by atoms with Gasteiger partial charge in [-0.25, -0.2) is 0 Å². The van der Waals surface area contributed by atoms with Gasteiger partial charge in [0, 0.05) is 23.5 Å². The van der Waals surface area contributed by atoms with Crippen LogP contribution in [0.15, 0.2) is 47.5 Å². The number of rotatable bonds is 3. The van der Waals surface area contributed by atoms with Gasteiger partial charge in [-0.15, -0.1) is 0 Å². The second kappa shape index (κ2) is 4.58. The van der Waals surface area contributed by atoms with Crippen LogP contribution in [0.3, 0.4) is 0 Å². The summed E-state index contributed by atoms with van der Waals surface area (Å²) in [4.78, 5) is 4.09. The van der Waals surface area contributed by atoms with E-state index in [1.54, 1.807) is 24.9 Å². The average molecular weight is 258 g/mol. The third-order valence-corrected chi connectivity index (χ3v) is 2.91. The van der Waals surface area contributed by atoms with Gasteiger partial charge in [0.1, 0.15) is 0 Å². The molecule has 0 atom stereocenters. The predicted molar refractivity (Wildman–Crippen MR) is 68.5 cm³/mol. The van der Waals surface area contributed by atoms with Crippen LogP contribution in [0, 0.1) is 4.77 Å². The fraction of sp³-hybridized carbons (Fsp3) is 0.0833. The monoisotopic (exact) mass is 258 g/mol. The molecule has 3 rings (SSSR count). The van der Waals surface area contributed by atoms with Gasteiger partial charge in [0.15, 0.2) is 10.6 Å². The topological polar surface area (TPSA) is 59.6 Å². The fourth-order valence-electron chi connectivity index (χ4n) is 1.74. The van der Waals surface area contributed by atoms with Crippen LogP contribution in [-0.2, 0) is 6.54 Å². The zero-order chi connectivity index (χ0) is 12.4. The zero-order valence-electron chi connectivity index (χ0n) is 9.41. The lowest BCUT2D eigenvalue weighted by molar-refractivity contribution is 0.562. The maximum atomic E-state index is 5.24. The molecule has 1 N–H and O–H groups in total. The van der Waals surface area contributed by atoms with E-state index in [0.717, 1.165) is 17.0 Å². The highest BCUT2D eigenvalue weighted by Gasteiger charge is 2.09. The Morgan fingerprint density at radius 2 is 2.33 bits per heavy atom. The third-order valence-electron chi connectivity index (χ3n) is 2.60. The van der Waals surface area contributed by atoms with Crippen molar-refractivity contribution in [2.24, 2.45) is 0 Å². The molecule has 5 nitrogen and oxygen atoms in total. The van der Waals surface area contributed by atoms with Gasteiger partial charge in [0.05, 0.1) is 19.1 Å². The van der Waals surface area contributed by atoms with Crippen molar-refractivity contribution >= 4 is 12.2 Å². The van der Waals surface area contributed by atoms with Gasteiger partial charge in [-0.1, -0.05) is 0 Å². The van der Waals surface area contributed by atoms with Crippen molar-refractivity contribution in [3.8, 4) is 11.4 Å². The van der Waals surface area contributed by atoms with E-state index in [-0.39, 0.29) is 0 Å². The molecule has 0 radical (unpaired) electrons. The minimum Gasteiger partial charge on any atom is -0.472 e. The first-order valence-electron chi connectivity index (χ1n) is 5.41. The Labute approximate surface area is 108 Å². The summed E-state index contributed by atoms with van der Waals surface area (Å²) in [6, 6.07) is 5.72. The fourth-order valence-corrected chi connectivity index (χ4v) is 1.94. The lowest BCUT2D eigenvalue weighted by Crippen LogP contribution is -2.01. The molecule has 0 bridgehead atoms. The molecular formula is C12H10N4OS. The van der Waals surface area contributed by atoms with Gasteiger partial charge in [0.2, 0.25) is 0 Å². The third kappa shape index (κ3) is 1.98. The molecule has 3 aromatic rings. The van der Waals surface area contributed by atoms with E-state index in [1.165, 1.54) is 0 Å². The van der Waals surface area contributed by atoms with E-state index in [9.17, 15) is 0 Å². The Balaban J connectivity index is 2.04. The lowest BCUT2D eigenvalue weighted by Gasteiger charge is -2.04. The van der Waals surface area contributed by atoms with Gasteiger partial charge >= 0.3 is 0 Å². The number of pyridine rings is 1. The van der Waals surface area contributed by atoms with E-state index in [1.807, 2.05) is 22.8 Å². The van der Waals surface area contributed by atoms with E-state index >= 15 is 0 Å². The van der Waals surface area contributed by atoms with Crippen LogP contribution in [-0.4, -0.2) is 19.7 Å². The smallest absolute Gasteiger partial charge is 0.195 e. The molecule has 6 heteroatoms. The van der Waals surface area contributed by atoms with Crippen molar-refractivity contribution in [1.82, 2.24) is 19.7 Å². The molecule has 90 valence electrons. The first kappa shape index (κ1) is 10.9. The van der Waals surface area contributed by atoms with Crippen molar-refractivity contribution in [2.75, 3.05) is 0 Å². The molecule has 0 fully saturated rings. The molecule has 18 heavy (non-hydrogen) atoms. The number of nitrogens with one attached hydrogen (secondary N) is 1. The Hall–Kier alpha value is -2.21. The SMILES string of the molecule is S=c1[nH]nc(-c2cccnc2)n1Cc1ccoc1. The number of furan rings is 1. The molecule has 0 aliphatic heterocycles. The Kier molecular flexibility index (Phi) is 2.77. The predicted octanol–water partition coefficient (Wildman–Crippen LogP) is 2.64. The van der Waals surface area contributed by atoms with Gasteiger partial charge < -0.3 is 4.42 Å². The number of H-pyrrole nitrogens is 1. The van der Waals surface area contributed by atoms with Gasteiger partial charge in [-0.05, 0) is 30.4 Å². The normalized spacial score (nSPS) is 10.7. The summed E-state index contributed by atoms with van der Waals surface area (Å²) < 4.78 is 7.55. The molecule has 0 saturated carbocycles. The summed E-state index contributed by atoms with van der Waals surface area (Å²) in [5.41, 5.74) is 1.96. The van der Waals surface area contributed by atoms with Crippen LogP contribution in [0.5, 0.6) is 0 Å². The first-order valence-corrected chi connectivity index (χ1v) is 5.82. The Morgan fingerprint density at radius 1 is 1.39 bits per heavy atom. The lowest BCUT2D eigenvalue weighted by atomic mass is 10.2. The summed E-state index contributed by atoms with van der Waals surface area (Å²) in [6.45, 7) is 0.621. The molecule has 3 heterocycles.